The van der Waals surface area contributed by atoms with Gasteiger partial charge in [-0.3, -0.25) is 14.3 Å². The van der Waals surface area contributed by atoms with Crippen molar-refractivity contribution in [3.05, 3.63) is 39.6 Å². The van der Waals surface area contributed by atoms with Crippen LogP contribution in [0.5, 0.6) is 0 Å². The number of aldehydes is 1. The lowest BCUT2D eigenvalue weighted by Gasteiger charge is -2.26. The Bertz CT molecular complexity index is 1330. The predicted molar refractivity (Wildman–Crippen MR) is 151 cm³/mol. The van der Waals surface area contributed by atoms with Gasteiger partial charge in [-0.2, -0.15) is 5.10 Å². The Morgan fingerprint density at radius 2 is 2.03 bits per heavy atom. The Kier molecular flexibility index (Phi) is 10.5. The van der Waals surface area contributed by atoms with Gasteiger partial charge in [0.1, 0.15) is 12.9 Å². The summed E-state index contributed by atoms with van der Waals surface area (Å²) in [6.07, 6.45) is 4.79. The molecule has 10 nitrogen and oxygen atoms in total. The largest absolute Gasteiger partial charge is 0.400 e. The lowest BCUT2D eigenvalue weighted by molar-refractivity contribution is -0.135. The van der Waals surface area contributed by atoms with E-state index in [2.05, 4.69) is 10.3 Å². The van der Waals surface area contributed by atoms with Gasteiger partial charge in [0, 0.05) is 74.4 Å². The van der Waals surface area contributed by atoms with Gasteiger partial charge in [-0.05, 0) is 24.0 Å². The highest BCUT2D eigenvalue weighted by molar-refractivity contribution is 6.45. The van der Waals surface area contributed by atoms with Crippen LogP contribution in [-0.4, -0.2) is 74.8 Å². The molecule has 1 aliphatic heterocycles. The molecular weight excluding hydrogens is 545 g/mol. The summed E-state index contributed by atoms with van der Waals surface area (Å²) in [5, 5.41) is 25.6. The summed E-state index contributed by atoms with van der Waals surface area (Å²) in [6, 6.07) is 3.66. The summed E-state index contributed by atoms with van der Waals surface area (Å²) in [6.45, 7) is 5.19. The molecule has 0 radical (unpaired) electrons. The third kappa shape index (κ3) is 7.19. The average Bonchev–Trinajstić information content (AvgIpc) is 3.55. The summed E-state index contributed by atoms with van der Waals surface area (Å²) in [4.78, 5) is 40.1. The van der Waals surface area contributed by atoms with Crippen molar-refractivity contribution in [1.82, 2.24) is 25.0 Å². The zero-order valence-electron chi connectivity index (χ0n) is 22.4. The molecule has 0 fully saturated rings. The van der Waals surface area contributed by atoms with E-state index in [9.17, 15) is 19.5 Å². The Morgan fingerprint density at radius 1 is 1.28 bits per heavy atom. The summed E-state index contributed by atoms with van der Waals surface area (Å²) in [7, 11) is 1.00. The fourth-order valence-corrected chi connectivity index (χ4v) is 5.23. The van der Waals surface area contributed by atoms with Gasteiger partial charge in [0.2, 0.25) is 11.8 Å². The van der Waals surface area contributed by atoms with Gasteiger partial charge < -0.3 is 30.2 Å². The number of aromatic nitrogens is 3. The van der Waals surface area contributed by atoms with Crippen molar-refractivity contribution in [2.75, 3.05) is 26.8 Å². The highest BCUT2D eigenvalue weighted by atomic mass is 35.5. The van der Waals surface area contributed by atoms with Gasteiger partial charge in [0.15, 0.2) is 0 Å². The highest BCUT2D eigenvalue weighted by Gasteiger charge is 2.27. The first kappa shape index (κ1) is 30.6. The first-order valence-corrected chi connectivity index (χ1v) is 13.5. The van der Waals surface area contributed by atoms with Gasteiger partial charge in [-0.25, -0.2) is 0 Å². The van der Waals surface area contributed by atoms with E-state index < -0.39 is 6.61 Å². The fraction of sp³-hybridized carbons (Fsp3) is 0.481. The van der Waals surface area contributed by atoms with E-state index in [0.717, 1.165) is 35.6 Å². The minimum Gasteiger partial charge on any atom is -0.400 e. The third-order valence-electron chi connectivity index (χ3n) is 6.79. The summed E-state index contributed by atoms with van der Waals surface area (Å²) >= 11 is 13.0. The van der Waals surface area contributed by atoms with Crippen molar-refractivity contribution < 1.29 is 24.6 Å². The minimum atomic E-state index is -0.533. The standard InChI is InChI=1S/C26H31Cl2N5O4.CH4O/c1-26(2,6-3-11-34)13-21(36)29-7-10-33-9-5-20(31-33)16-12-18(27)24(28)25-23(16)17-14-32(22(37)15-35)8-4-19(17)30-25;1-2/h5,9,11-12,30,35H,3-4,6-8,10,13-15H2,1-2H3,(H,29,36);2H,1H3. The van der Waals surface area contributed by atoms with Crippen molar-refractivity contribution >= 4 is 52.2 Å². The first-order chi connectivity index (χ1) is 18.6. The number of carbonyl (C=O) groups is 3. The number of aliphatic hydroxyl groups excluding tert-OH is 2. The van der Waals surface area contributed by atoms with Crippen LogP contribution in [0.2, 0.25) is 10.0 Å². The number of fused-ring (bicyclic) bond motifs is 3. The number of aromatic amines is 1. The molecular formula is C27H35Cl2N5O5. The number of aliphatic hydroxyl groups is 2. The van der Waals surface area contributed by atoms with Crippen LogP contribution < -0.4 is 5.32 Å². The molecule has 3 heterocycles. The predicted octanol–water partition coefficient (Wildman–Crippen LogP) is 3.34. The normalized spacial score (nSPS) is 13.1. The summed E-state index contributed by atoms with van der Waals surface area (Å²) in [5.41, 5.74) is 3.87. The Morgan fingerprint density at radius 3 is 2.72 bits per heavy atom. The van der Waals surface area contributed by atoms with Crippen molar-refractivity contribution in [1.29, 1.82) is 0 Å². The van der Waals surface area contributed by atoms with E-state index in [-0.39, 0.29) is 17.2 Å². The van der Waals surface area contributed by atoms with Gasteiger partial charge in [0.25, 0.3) is 0 Å². The molecule has 0 spiro atoms. The fourth-order valence-electron chi connectivity index (χ4n) is 4.83. The zero-order chi connectivity index (χ0) is 28.7. The van der Waals surface area contributed by atoms with E-state index in [1.54, 1.807) is 15.6 Å². The number of halogens is 2. The zero-order valence-corrected chi connectivity index (χ0v) is 23.9. The van der Waals surface area contributed by atoms with E-state index in [4.69, 9.17) is 33.4 Å². The smallest absolute Gasteiger partial charge is 0.248 e. The second-order valence-electron chi connectivity index (χ2n) is 10.1. The summed E-state index contributed by atoms with van der Waals surface area (Å²) < 4.78 is 1.75. The molecule has 0 bridgehead atoms. The van der Waals surface area contributed by atoms with Gasteiger partial charge in [-0.15, -0.1) is 0 Å². The molecule has 39 heavy (non-hydrogen) atoms. The number of benzene rings is 1. The van der Waals surface area contributed by atoms with E-state index in [0.29, 0.717) is 73.1 Å². The molecule has 0 saturated carbocycles. The molecule has 1 aliphatic rings. The van der Waals surface area contributed by atoms with Crippen LogP contribution in [0.15, 0.2) is 18.3 Å². The monoisotopic (exact) mass is 579 g/mol. The molecule has 0 saturated heterocycles. The maximum atomic E-state index is 12.4. The van der Waals surface area contributed by atoms with Crippen molar-refractivity contribution in [2.45, 2.75) is 52.6 Å². The Labute approximate surface area is 237 Å². The molecule has 0 aliphatic carbocycles. The molecule has 1 aromatic carbocycles. The summed E-state index contributed by atoms with van der Waals surface area (Å²) in [5.74, 6) is -0.379. The Hall–Kier alpha value is -2.92. The molecule has 2 aromatic heterocycles. The molecule has 0 atom stereocenters. The van der Waals surface area contributed by atoms with Crippen LogP contribution >= 0.6 is 23.2 Å². The van der Waals surface area contributed by atoms with Crippen molar-refractivity contribution in [3.63, 3.8) is 0 Å². The topological polar surface area (TPSA) is 141 Å². The number of rotatable bonds is 10. The lowest BCUT2D eigenvalue weighted by Crippen LogP contribution is -2.37. The minimum absolute atomic E-state index is 0.0598. The number of nitrogens with zero attached hydrogens (tertiary/aromatic N) is 3. The van der Waals surface area contributed by atoms with Crippen LogP contribution in [0.25, 0.3) is 22.2 Å². The molecule has 3 aromatic rings. The number of H-pyrrole nitrogens is 1. The van der Waals surface area contributed by atoms with Crippen LogP contribution in [0.1, 0.15) is 44.4 Å². The lowest BCUT2D eigenvalue weighted by atomic mass is 9.84. The van der Waals surface area contributed by atoms with Crippen LogP contribution in [-0.2, 0) is 33.9 Å². The molecule has 12 heteroatoms. The molecule has 2 amide bonds. The maximum Gasteiger partial charge on any atom is 0.248 e. The maximum absolute atomic E-state index is 12.4. The van der Waals surface area contributed by atoms with Gasteiger partial charge >= 0.3 is 0 Å². The van der Waals surface area contributed by atoms with Gasteiger partial charge in [0.05, 0.1) is 27.8 Å². The molecule has 212 valence electrons. The quantitative estimate of drug-likeness (QED) is 0.271. The number of nitrogens with one attached hydrogen (secondary N) is 2. The van der Waals surface area contributed by atoms with Crippen molar-refractivity contribution in [2.24, 2.45) is 5.41 Å². The molecule has 0 unspecified atom stereocenters. The second-order valence-corrected chi connectivity index (χ2v) is 10.9. The first-order valence-electron chi connectivity index (χ1n) is 12.7. The van der Waals surface area contributed by atoms with E-state index in [1.165, 1.54) is 0 Å². The van der Waals surface area contributed by atoms with E-state index >= 15 is 0 Å². The number of carbonyl (C=O) groups excluding carboxylic acids is 3. The highest BCUT2D eigenvalue weighted by Crippen LogP contribution is 2.41. The van der Waals surface area contributed by atoms with Crippen LogP contribution in [0.4, 0.5) is 0 Å². The van der Waals surface area contributed by atoms with Crippen LogP contribution in [0, 0.1) is 5.41 Å². The second kappa shape index (κ2) is 13.4. The number of hydrogen-bond donors (Lipinski definition) is 4. The molecule has 4 N–H and O–H groups in total. The van der Waals surface area contributed by atoms with Crippen molar-refractivity contribution in [3.8, 4) is 11.3 Å². The van der Waals surface area contributed by atoms with Gasteiger partial charge in [-0.1, -0.05) is 37.0 Å². The Balaban J connectivity index is 0.00000205. The SMILES string of the molecule is CC(C)(CCC=O)CC(=O)NCCn1ccc(-c2cc(Cl)c(Cl)c3[nH]c4c(c23)CN(C(=O)CO)CC4)n1.CO. The third-order valence-corrected chi connectivity index (χ3v) is 7.58. The van der Waals surface area contributed by atoms with Crippen LogP contribution in [0.3, 0.4) is 0 Å². The number of hydrogen-bond acceptors (Lipinski definition) is 6. The number of amides is 2. The molecule has 4 rings (SSSR count). The average molecular weight is 581 g/mol. The van der Waals surface area contributed by atoms with E-state index in [1.807, 2.05) is 26.1 Å².